The molecule has 0 fully saturated rings. The summed E-state index contributed by atoms with van der Waals surface area (Å²) in [4.78, 5) is 0.831. The molecule has 0 aliphatic rings. The van der Waals surface area contributed by atoms with Gasteiger partial charge >= 0.3 is 0 Å². The Morgan fingerprint density at radius 3 is 2.46 bits per heavy atom. The van der Waals surface area contributed by atoms with Crippen molar-refractivity contribution < 1.29 is 8.42 Å². The summed E-state index contributed by atoms with van der Waals surface area (Å²) >= 11 is 21.0. The fraction of sp³-hybridized carbons (Fsp3) is 0.0667. The standard InChI is InChI=1S/C15H10Cl3NO2S3/c1-8-4-9(16)5-12(18)15(8)24(20,21)19-13-7-22-6-10(13)14-11(17)2-3-23-14/h2-7,19H,1H3. The lowest BCUT2D eigenvalue weighted by atomic mass is 10.2. The van der Waals surface area contributed by atoms with Gasteiger partial charge in [-0.25, -0.2) is 8.42 Å². The van der Waals surface area contributed by atoms with Gasteiger partial charge in [0.05, 0.1) is 20.6 Å². The van der Waals surface area contributed by atoms with Crippen LogP contribution in [0.4, 0.5) is 5.69 Å². The maximum Gasteiger partial charge on any atom is 0.263 e. The summed E-state index contributed by atoms with van der Waals surface area (Å²) in [6, 6.07) is 4.75. The first kappa shape index (κ1) is 18.0. The molecule has 0 aliphatic carbocycles. The molecule has 3 nitrogen and oxygen atoms in total. The predicted molar refractivity (Wildman–Crippen MR) is 105 cm³/mol. The van der Waals surface area contributed by atoms with E-state index in [1.807, 2.05) is 10.8 Å². The molecule has 3 aromatic rings. The molecular weight excluding hydrogens is 429 g/mol. The topological polar surface area (TPSA) is 46.2 Å². The van der Waals surface area contributed by atoms with Crippen LogP contribution in [0.25, 0.3) is 10.4 Å². The van der Waals surface area contributed by atoms with Crippen LogP contribution < -0.4 is 4.72 Å². The molecule has 126 valence electrons. The van der Waals surface area contributed by atoms with Crippen molar-refractivity contribution in [2.45, 2.75) is 11.8 Å². The van der Waals surface area contributed by atoms with Gasteiger partial charge in [-0.1, -0.05) is 34.8 Å². The maximum absolute atomic E-state index is 12.8. The quantitative estimate of drug-likeness (QED) is 0.502. The number of hydrogen-bond donors (Lipinski definition) is 1. The Labute approximate surface area is 162 Å². The summed E-state index contributed by atoms with van der Waals surface area (Å²) < 4.78 is 28.2. The minimum atomic E-state index is -3.86. The molecule has 0 aliphatic heterocycles. The highest BCUT2D eigenvalue weighted by atomic mass is 35.5. The molecule has 1 aromatic carbocycles. The number of sulfonamides is 1. The average molecular weight is 439 g/mol. The van der Waals surface area contributed by atoms with Gasteiger partial charge in [0.15, 0.2) is 0 Å². The molecule has 0 spiro atoms. The van der Waals surface area contributed by atoms with Gasteiger partial charge in [0, 0.05) is 21.3 Å². The zero-order valence-corrected chi connectivity index (χ0v) is 16.9. The molecule has 1 N–H and O–H groups in total. The van der Waals surface area contributed by atoms with E-state index in [0.717, 1.165) is 10.4 Å². The zero-order chi connectivity index (χ0) is 17.5. The van der Waals surface area contributed by atoms with Crippen molar-refractivity contribution in [3.8, 4) is 10.4 Å². The Kier molecular flexibility index (Phi) is 5.16. The predicted octanol–water partition coefficient (Wildman–Crippen LogP) is 6.55. The van der Waals surface area contributed by atoms with Crippen molar-refractivity contribution in [2.75, 3.05) is 4.72 Å². The van der Waals surface area contributed by atoms with E-state index in [1.165, 1.54) is 28.7 Å². The average Bonchev–Trinajstić information content (AvgIpc) is 3.05. The maximum atomic E-state index is 12.8. The Morgan fingerprint density at radius 2 is 1.83 bits per heavy atom. The van der Waals surface area contributed by atoms with Gasteiger partial charge in [-0.15, -0.1) is 22.7 Å². The summed E-state index contributed by atoms with van der Waals surface area (Å²) in [5, 5.41) is 6.48. The van der Waals surface area contributed by atoms with E-state index in [2.05, 4.69) is 4.72 Å². The summed E-state index contributed by atoms with van der Waals surface area (Å²) in [7, 11) is -3.86. The van der Waals surface area contributed by atoms with Crippen LogP contribution in [0.1, 0.15) is 5.56 Å². The Morgan fingerprint density at radius 1 is 1.08 bits per heavy atom. The minimum absolute atomic E-state index is 0.0167. The van der Waals surface area contributed by atoms with Crippen molar-refractivity contribution in [3.05, 3.63) is 55.0 Å². The van der Waals surface area contributed by atoms with Crippen LogP contribution in [-0.4, -0.2) is 8.42 Å². The molecule has 0 saturated heterocycles. The molecule has 0 unspecified atom stereocenters. The van der Waals surface area contributed by atoms with Crippen molar-refractivity contribution >= 4 is 73.2 Å². The van der Waals surface area contributed by atoms with Gasteiger partial charge in [-0.05, 0) is 36.1 Å². The van der Waals surface area contributed by atoms with Crippen molar-refractivity contribution in [1.29, 1.82) is 0 Å². The smallest absolute Gasteiger partial charge is 0.263 e. The van der Waals surface area contributed by atoms with Crippen molar-refractivity contribution in [2.24, 2.45) is 0 Å². The van der Waals surface area contributed by atoms with Crippen LogP contribution >= 0.6 is 57.5 Å². The lowest BCUT2D eigenvalue weighted by Gasteiger charge is -2.13. The zero-order valence-electron chi connectivity index (χ0n) is 12.1. The van der Waals surface area contributed by atoms with Crippen LogP contribution in [-0.2, 0) is 10.0 Å². The van der Waals surface area contributed by atoms with Gasteiger partial charge in [0.2, 0.25) is 0 Å². The van der Waals surface area contributed by atoms with Crippen LogP contribution in [0.3, 0.4) is 0 Å². The van der Waals surface area contributed by atoms with Gasteiger partial charge < -0.3 is 0 Å². The molecule has 0 radical (unpaired) electrons. The third-order valence-electron chi connectivity index (χ3n) is 3.23. The number of benzene rings is 1. The normalized spacial score (nSPS) is 11.7. The van der Waals surface area contributed by atoms with Crippen LogP contribution in [0.15, 0.2) is 39.2 Å². The molecule has 0 amide bonds. The molecule has 2 heterocycles. The second kappa shape index (κ2) is 6.86. The lowest BCUT2D eigenvalue weighted by molar-refractivity contribution is 0.600. The highest BCUT2D eigenvalue weighted by Crippen LogP contribution is 2.41. The van der Waals surface area contributed by atoms with Crippen molar-refractivity contribution in [3.63, 3.8) is 0 Å². The first-order valence-corrected chi connectivity index (χ1v) is 11.0. The number of anilines is 1. The second-order valence-corrected chi connectivity index (χ2v) is 9.47. The molecule has 9 heteroatoms. The van der Waals surface area contributed by atoms with Gasteiger partial charge in [0.1, 0.15) is 4.90 Å². The SMILES string of the molecule is Cc1cc(Cl)cc(Cl)c1S(=O)(=O)Nc1cscc1-c1sccc1Cl. The molecule has 0 bridgehead atoms. The van der Waals surface area contributed by atoms with E-state index >= 15 is 0 Å². The summed E-state index contributed by atoms with van der Waals surface area (Å²) in [6.07, 6.45) is 0. The van der Waals surface area contributed by atoms with Crippen LogP contribution in [0, 0.1) is 6.92 Å². The van der Waals surface area contributed by atoms with Crippen LogP contribution in [0.5, 0.6) is 0 Å². The van der Waals surface area contributed by atoms with E-state index < -0.39 is 10.0 Å². The molecular formula is C15H10Cl3NO2S3. The largest absolute Gasteiger partial charge is 0.278 e. The number of rotatable bonds is 4. The number of hydrogen-bond acceptors (Lipinski definition) is 4. The number of aryl methyl sites for hydroxylation is 1. The van der Waals surface area contributed by atoms with E-state index in [-0.39, 0.29) is 9.92 Å². The third-order valence-corrected chi connectivity index (χ3v) is 7.55. The summed E-state index contributed by atoms with van der Waals surface area (Å²) in [5.41, 5.74) is 1.69. The number of thiophene rings is 2. The molecule has 2 aromatic heterocycles. The first-order chi connectivity index (χ1) is 11.3. The van der Waals surface area contributed by atoms with E-state index in [4.69, 9.17) is 34.8 Å². The number of halogens is 3. The first-order valence-electron chi connectivity index (χ1n) is 6.57. The third kappa shape index (κ3) is 3.45. The fourth-order valence-electron chi connectivity index (χ4n) is 2.26. The summed E-state index contributed by atoms with van der Waals surface area (Å²) in [5.74, 6) is 0. The molecule has 0 atom stereocenters. The minimum Gasteiger partial charge on any atom is -0.278 e. The second-order valence-electron chi connectivity index (χ2n) is 4.94. The monoisotopic (exact) mass is 437 g/mol. The van der Waals surface area contributed by atoms with Gasteiger partial charge in [-0.3, -0.25) is 4.72 Å². The molecule has 3 rings (SSSR count). The van der Waals surface area contributed by atoms with E-state index in [0.29, 0.717) is 21.3 Å². The Balaban J connectivity index is 2.04. The van der Waals surface area contributed by atoms with Gasteiger partial charge in [-0.2, -0.15) is 0 Å². The molecule has 24 heavy (non-hydrogen) atoms. The Hall–Kier alpha value is -0.760. The highest BCUT2D eigenvalue weighted by Gasteiger charge is 2.23. The van der Waals surface area contributed by atoms with E-state index in [9.17, 15) is 8.42 Å². The van der Waals surface area contributed by atoms with Crippen LogP contribution in [0.2, 0.25) is 15.1 Å². The van der Waals surface area contributed by atoms with Crippen molar-refractivity contribution in [1.82, 2.24) is 0 Å². The molecule has 0 saturated carbocycles. The fourth-order valence-corrected chi connectivity index (χ4v) is 6.63. The lowest BCUT2D eigenvalue weighted by Crippen LogP contribution is -2.15. The van der Waals surface area contributed by atoms with E-state index in [1.54, 1.807) is 24.4 Å². The number of nitrogens with one attached hydrogen (secondary N) is 1. The Bertz CT molecular complexity index is 986. The highest BCUT2D eigenvalue weighted by molar-refractivity contribution is 7.93. The van der Waals surface area contributed by atoms with Gasteiger partial charge in [0.25, 0.3) is 10.0 Å². The summed E-state index contributed by atoms with van der Waals surface area (Å²) in [6.45, 7) is 1.65.